The fourth-order valence-corrected chi connectivity index (χ4v) is 6.56. The summed E-state index contributed by atoms with van der Waals surface area (Å²) in [6.45, 7) is -0.870. The first-order valence-corrected chi connectivity index (χ1v) is 16.1. The number of ether oxygens (including phenoxy) is 2. The third-order valence-corrected chi connectivity index (χ3v) is 9.78. The van der Waals surface area contributed by atoms with Gasteiger partial charge >= 0.3 is 11.7 Å². The van der Waals surface area contributed by atoms with Gasteiger partial charge in [-0.15, -0.1) is 23.1 Å². The second-order valence-electron chi connectivity index (χ2n) is 9.15. The van der Waals surface area contributed by atoms with E-state index in [0.29, 0.717) is 31.2 Å². The van der Waals surface area contributed by atoms with Gasteiger partial charge in [-0.2, -0.15) is 0 Å². The minimum absolute atomic E-state index is 0.0551. The summed E-state index contributed by atoms with van der Waals surface area (Å²) in [5, 5.41) is 9.63. The van der Waals surface area contributed by atoms with Gasteiger partial charge in [0.15, 0.2) is 6.79 Å². The molecule has 4 aromatic rings. The first-order chi connectivity index (χ1) is 19.5. The Balaban J connectivity index is 2.05. The van der Waals surface area contributed by atoms with Crippen molar-refractivity contribution in [1.82, 2.24) is 13.4 Å². The molecule has 2 aromatic heterocycles. The largest absolute Gasteiger partial charge is 0.480 e. The Labute approximate surface area is 244 Å². The van der Waals surface area contributed by atoms with Crippen LogP contribution in [0.3, 0.4) is 0 Å². The Hall–Kier alpha value is -3.43. The van der Waals surface area contributed by atoms with E-state index in [4.69, 9.17) is 9.47 Å². The van der Waals surface area contributed by atoms with Crippen LogP contribution in [0, 0.1) is 0 Å². The number of hydrogen-bond donors (Lipinski definition) is 1. The van der Waals surface area contributed by atoms with E-state index >= 15 is 0 Å². The number of carboxylic acid groups (broad SMARTS) is 1. The van der Waals surface area contributed by atoms with Crippen LogP contribution >= 0.6 is 23.1 Å². The molecular weight excluding hydrogens is 591 g/mol. The van der Waals surface area contributed by atoms with Crippen molar-refractivity contribution >= 4 is 49.3 Å². The number of benzene rings is 2. The molecule has 0 bridgehead atoms. The number of nitrogens with zero attached hydrogens (tertiary/aromatic N) is 3. The van der Waals surface area contributed by atoms with Crippen LogP contribution in [0.5, 0.6) is 5.75 Å². The molecule has 41 heavy (non-hydrogen) atoms. The lowest BCUT2D eigenvalue weighted by atomic mass is 10.1. The summed E-state index contributed by atoms with van der Waals surface area (Å²) in [5.41, 5.74) is 0.301. The average molecular weight is 620 g/mol. The molecule has 0 radical (unpaired) electrons. The number of aromatic nitrogens is 2. The summed E-state index contributed by atoms with van der Waals surface area (Å²) >= 11 is 2.68. The van der Waals surface area contributed by atoms with Crippen molar-refractivity contribution in [2.24, 2.45) is 0 Å². The van der Waals surface area contributed by atoms with E-state index in [2.05, 4.69) is 0 Å². The molecule has 2 heterocycles. The molecule has 0 spiro atoms. The average Bonchev–Trinajstić information content (AvgIpc) is 3.31. The minimum atomic E-state index is -3.65. The Morgan fingerprint density at radius 2 is 1.78 bits per heavy atom. The first-order valence-electron chi connectivity index (χ1n) is 12.2. The first kappa shape index (κ1) is 30.5. The number of sulfonamides is 1. The van der Waals surface area contributed by atoms with Gasteiger partial charge in [-0.25, -0.2) is 22.1 Å². The summed E-state index contributed by atoms with van der Waals surface area (Å²) in [4.78, 5) is 40.9. The molecule has 0 saturated heterocycles. The molecule has 0 amide bonds. The van der Waals surface area contributed by atoms with Gasteiger partial charge in [-0.3, -0.25) is 14.2 Å². The zero-order valence-corrected chi connectivity index (χ0v) is 25.3. The Morgan fingerprint density at radius 3 is 2.39 bits per heavy atom. The van der Waals surface area contributed by atoms with Crippen LogP contribution in [-0.4, -0.2) is 66.4 Å². The lowest BCUT2D eigenvalue weighted by Crippen LogP contribution is -2.42. The van der Waals surface area contributed by atoms with Crippen molar-refractivity contribution in [2.75, 3.05) is 33.5 Å². The maximum Gasteiger partial charge on any atom is 0.332 e. The van der Waals surface area contributed by atoms with E-state index in [1.807, 2.05) is 30.5 Å². The van der Waals surface area contributed by atoms with E-state index in [9.17, 15) is 27.9 Å². The standard InChI is InChI=1S/C27H29N3O8S3/c1-28(41(4,35)36)14-20-23-25(33)29(15-22(31)32)27(34)30(13-18-7-5-6-8-21(18)39-3)26(23)40-24(20)17-9-11-19(12-10-17)38-16-37-2/h5-12H,13-16H2,1-4H3,(H,31,32). The third kappa shape index (κ3) is 6.57. The van der Waals surface area contributed by atoms with Crippen LogP contribution in [0.25, 0.3) is 20.7 Å². The molecular formula is C27H29N3O8S3. The number of thiophene rings is 1. The zero-order valence-electron chi connectivity index (χ0n) is 22.8. The summed E-state index contributed by atoms with van der Waals surface area (Å²) in [6.07, 6.45) is 2.96. The van der Waals surface area contributed by atoms with Crippen LogP contribution < -0.4 is 16.0 Å². The van der Waals surface area contributed by atoms with Gasteiger partial charge in [0.05, 0.1) is 18.2 Å². The second kappa shape index (κ2) is 12.6. The molecule has 218 valence electrons. The van der Waals surface area contributed by atoms with Gasteiger partial charge < -0.3 is 14.6 Å². The lowest BCUT2D eigenvalue weighted by molar-refractivity contribution is -0.137. The molecule has 0 saturated carbocycles. The van der Waals surface area contributed by atoms with E-state index in [1.165, 1.54) is 41.8 Å². The fraction of sp³-hybridized carbons (Fsp3) is 0.296. The minimum Gasteiger partial charge on any atom is -0.480 e. The third-order valence-electron chi connectivity index (χ3n) is 6.38. The van der Waals surface area contributed by atoms with Crippen LogP contribution in [-0.2, 0) is 39.2 Å². The summed E-state index contributed by atoms with van der Waals surface area (Å²) < 4.78 is 38.4. The van der Waals surface area contributed by atoms with Gasteiger partial charge in [-0.1, -0.05) is 18.2 Å². The summed E-state index contributed by atoms with van der Waals surface area (Å²) in [7, 11) is -0.753. The van der Waals surface area contributed by atoms with Crippen LogP contribution in [0.1, 0.15) is 11.1 Å². The molecule has 0 fully saturated rings. The highest BCUT2D eigenvalue weighted by atomic mass is 32.2. The van der Waals surface area contributed by atoms with Crippen molar-refractivity contribution < 1.29 is 27.8 Å². The molecule has 0 aliphatic rings. The number of carboxylic acids is 1. The van der Waals surface area contributed by atoms with E-state index < -0.39 is 33.8 Å². The fourth-order valence-electron chi connectivity index (χ4n) is 4.29. The number of methoxy groups -OCH3 is 1. The number of carbonyl (C=O) groups is 1. The van der Waals surface area contributed by atoms with Crippen LogP contribution in [0.4, 0.5) is 0 Å². The van der Waals surface area contributed by atoms with Crippen LogP contribution in [0.2, 0.25) is 0 Å². The van der Waals surface area contributed by atoms with Crippen molar-refractivity contribution in [3.8, 4) is 16.2 Å². The Morgan fingerprint density at radius 1 is 1.10 bits per heavy atom. The van der Waals surface area contributed by atoms with Gasteiger partial charge in [0.1, 0.15) is 17.1 Å². The normalized spacial score (nSPS) is 11.8. The maximum atomic E-state index is 13.8. The predicted octanol–water partition coefficient (Wildman–Crippen LogP) is 3.12. The molecule has 0 aliphatic heterocycles. The van der Waals surface area contributed by atoms with E-state index in [-0.39, 0.29) is 25.3 Å². The van der Waals surface area contributed by atoms with Crippen LogP contribution in [0.15, 0.2) is 63.0 Å². The van der Waals surface area contributed by atoms with E-state index in [0.717, 1.165) is 21.0 Å². The van der Waals surface area contributed by atoms with Crippen molar-refractivity contribution in [2.45, 2.75) is 24.5 Å². The number of fused-ring (bicyclic) bond motifs is 1. The van der Waals surface area contributed by atoms with E-state index in [1.54, 1.807) is 24.3 Å². The molecule has 2 aromatic carbocycles. The number of rotatable bonds is 12. The van der Waals surface area contributed by atoms with Crippen molar-refractivity contribution in [3.63, 3.8) is 0 Å². The molecule has 14 heteroatoms. The summed E-state index contributed by atoms with van der Waals surface area (Å²) in [6, 6.07) is 14.4. The Kier molecular flexibility index (Phi) is 9.39. The predicted molar refractivity (Wildman–Crippen MR) is 160 cm³/mol. The van der Waals surface area contributed by atoms with Crippen molar-refractivity contribution in [1.29, 1.82) is 0 Å². The molecule has 11 nitrogen and oxygen atoms in total. The highest BCUT2D eigenvalue weighted by molar-refractivity contribution is 7.98. The number of hydrogen-bond acceptors (Lipinski definition) is 9. The SMILES string of the molecule is COCOc1ccc(-c2sc3c(c2CN(C)S(C)(=O)=O)c(=O)n(CC(=O)O)c(=O)n3Cc2ccccc2SC)cc1. The molecule has 1 N–H and O–H groups in total. The van der Waals surface area contributed by atoms with Gasteiger partial charge in [-0.05, 0) is 47.7 Å². The lowest BCUT2D eigenvalue weighted by Gasteiger charge is -2.16. The quantitative estimate of drug-likeness (QED) is 0.187. The number of aliphatic carboxylic acids is 1. The Bertz CT molecular complexity index is 1810. The smallest absolute Gasteiger partial charge is 0.332 e. The molecule has 4 rings (SSSR count). The molecule has 0 unspecified atom stereocenters. The topological polar surface area (TPSA) is 137 Å². The van der Waals surface area contributed by atoms with Gasteiger partial charge in [0, 0.05) is 36.0 Å². The molecule has 0 atom stereocenters. The highest BCUT2D eigenvalue weighted by Gasteiger charge is 2.26. The number of thioether (sulfide) groups is 1. The summed E-state index contributed by atoms with van der Waals surface area (Å²) in [5.74, 6) is -0.808. The maximum absolute atomic E-state index is 13.8. The second-order valence-corrected chi connectivity index (χ2v) is 13.1. The van der Waals surface area contributed by atoms with Gasteiger partial charge in [0.25, 0.3) is 5.56 Å². The monoisotopic (exact) mass is 619 g/mol. The zero-order chi connectivity index (χ0) is 29.9. The highest BCUT2D eigenvalue weighted by Crippen LogP contribution is 2.39. The van der Waals surface area contributed by atoms with Crippen molar-refractivity contribution in [3.05, 3.63) is 80.5 Å². The van der Waals surface area contributed by atoms with Gasteiger partial charge in [0.2, 0.25) is 10.0 Å². The molecule has 0 aliphatic carbocycles.